The SMILES string of the molecule is C=CCOc1cccc([C@@H]2NC(=S)N([C@@H](C)COC)C(C)=C2C(=O)OCC)c1. The summed E-state index contributed by atoms with van der Waals surface area (Å²) >= 11 is 5.61. The van der Waals surface area contributed by atoms with Crippen LogP contribution in [0.25, 0.3) is 0 Å². The van der Waals surface area contributed by atoms with Crippen LogP contribution in [0.15, 0.2) is 48.2 Å². The molecule has 0 fully saturated rings. The molecule has 1 aromatic rings. The average Bonchev–Trinajstić information content (AvgIpc) is 2.66. The van der Waals surface area contributed by atoms with E-state index in [0.29, 0.717) is 36.3 Å². The van der Waals surface area contributed by atoms with E-state index in [2.05, 4.69) is 11.9 Å². The van der Waals surface area contributed by atoms with Gasteiger partial charge in [-0.15, -0.1) is 0 Å². The summed E-state index contributed by atoms with van der Waals surface area (Å²) in [5.74, 6) is 0.327. The molecule has 1 heterocycles. The Morgan fingerprint density at radius 1 is 1.46 bits per heavy atom. The van der Waals surface area contributed by atoms with Crippen LogP contribution in [0.3, 0.4) is 0 Å². The first-order valence-electron chi connectivity index (χ1n) is 9.24. The molecule has 0 saturated carbocycles. The molecule has 0 unspecified atom stereocenters. The van der Waals surface area contributed by atoms with Crippen molar-refractivity contribution in [2.45, 2.75) is 32.9 Å². The molecule has 1 aromatic carbocycles. The van der Waals surface area contributed by atoms with E-state index >= 15 is 0 Å². The molecule has 0 aliphatic carbocycles. The molecule has 1 aliphatic rings. The van der Waals surface area contributed by atoms with Gasteiger partial charge in [-0.3, -0.25) is 0 Å². The minimum absolute atomic E-state index is 0.0300. The lowest BCUT2D eigenvalue weighted by Gasteiger charge is -2.40. The number of methoxy groups -OCH3 is 1. The Hall–Kier alpha value is -2.38. The maximum absolute atomic E-state index is 12.8. The lowest BCUT2D eigenvalue weighted by Crippen LogP contribution is -2.52. The van der Waals surface area contributed by atoms with Gasteiger partial charge in [-0.25, -0.2) is 4.79 Å². The van der Waals surface area contributed by atoms with Crippen molar-refractivity contribution < 1.29 is 19.0 Å². The highest BCUT2D eigenvalue weighted by Crippen LogP contribution is 2.33. The fourth-order valence-electron chi connectivity index (χ4n) is 3.27. The molecule has 2 atom stereocenters. The third-order valence-electron chi connectivity index (χ3n) is 4.43. The zero-order valence-corrected chi connectivity index (χ0v) is 17.7. The Kier molecular flexibility index (Phi) is 8.02. The maximum atomic E-state index is 12.8. The van der Waals surface area contributed by atoms with Crippen LogP contribution in [0.1, 0.15) is 32.4 Å². The molecule has 0 aromatic heterocycles. The molecular weight excluding hydrogens is 376 g/mol. The number of nitrogens with zero attached hydrogens (tertiary/aromatic N) is 1. The molecule has 1 N–H and O–H groups in total. The maximum Gasteiger partial charge on any atom is 0.338 e. The number of ether oxygens (including phenoxy) is 3. The van der Waals surface area contributed by atoms with Crippen molar-refractivity contribution in [3.63, 3.8) is 0 Å². The van der Waals surface area contributed by atoms with Gasteiger partial charge in [0.2, 0.25) is 0 Å². The van der Waals surface area contributed by atoms with E-state index in [-0.39, 0.29) is 12.0 Å². The minimum Gasteiger partial charge on any atom is -0.490 e. The lowest BCUT2D eigenvalue weighted by atomic mass is 9.94. The molecule has 0 bridgehead atoms. The van der Waals surface area contributed by atoms with Gasteiger partial charge in [0, 0.05) is 12.8 Å². The summed E-state index contributed by atoms with van der Waals surface area (Å²) in [4.78, 5) is 14.7. The van der Waals surface area contributed by atoms with E-state index in [0.717, 1.165) is 11.3 Å². The number of esters is 1. The highest BCUT2D eigenvalue weighted by molar-refractivity contribution is 7.80. The van der Waals surface area contributed by atoms with Crippen LogP contribution in [0.2, 0.25) is 0 Å². The van der Waals surface area contributed by atoms with E-state index in [9.17, 15) is 4.79 Å². The van der Waals surface area contributed by atoms with Gasteiger partial charge in [0.15, 0.2) is 5.11 Å². The Morgan fingerprint density at radius 2 is 2.21 bits per heavy atom. The van der Waals surface area contributed by atoms with Crippen molar-refractivity contribution in [1.29, 1.82) is 0 Å². The second-order valence-electron chi connectivity index (χ2n) is 6.45. The van der Waals surface area contributed by atoms with Crippen molar-refractivity contribution in [2.24, 2.45) is 0 Å². The number of hydrogen-bond donors (Lipinski definition) is 1. The van der Waals surface area contributed by atoms with Crippen molar-refractivity contribution in [2.75, 3.05) is 26.9 Å². The molecule has 6 nitrogen and oxygen atoms in total. The summed E-state index contributed by atoms with van der Waals surface area (Å²) in [6.07, 6.45) is 1.68. The number of rotatable bonds is 9. The van der Waals surface area contributed by atoms with E-state index in [1.807, 2.05) is 43.0 Å². The third kappa shape index (κ3) is 4.91. The molecular formula is C21H28N2O4S. The molecule has 0 radical (unpaired) electrons. The normalized spacial score (nSPS) is 17.8. The number of thiocarbonyl (C=S) groups is 1. The average molecular weight is 405 g/mol. The monoisotopic (exact) mass is 404 g/mol. The van der Waals surface area contributed by atoms with Gasteiger partial charge in [0.25, 0.3) is 0 Å². The highest BCUT2D eigenvalue weighted by Gasteiger charge is 2.36. The van der Waals surface area contributed by atoms with Gasteiger partial charge in [0.05, 0.1) is 30.9 Å². The fraction of sp³-hybridized carbons (Fsp3) is 0.429. The van der Waals surface area contributed by atoms with Gasteiger partial charge in [-0.05, 0) is 50.7 Å². The largest absolute Gasteiger partial charge is 0.490 e. The Morgan fingerprint density at radius 3 is 2.86 bits per heavy atom. The van der Waals surface area contributed by atoms with Crippen molar-refractivity contribution in [3.05, 3.63) is 53.8 Å². The quantitative estimate of drug-likeness (QED) is 0.385. The topological polar surface area (TPSA) is 60.0 Å². The molecule has 7 heteroatoms. The zero-order valence-electron chi connectivity index (χ0n) is 16.9. The van der Waals surface area contributed by atoms with Crippen LogP contribution < -0.4 is 10.1 Å². The Balaban J connectivity index is 2.49. The van der Waals surface area contributed by atoms with Crippen LogP contribution >= 0.6 is 12.2 Å². The standard InChI is InChI=1S/C21H28N2O4S/c1-6-11-27-17-10-8-9-16(12-17)19-18(20(24)26-7-2)15(4)23(21(28)22-19)14(3)13-25-5/h6,8-10,12,14,19H,1,7,11,13H2,2-5H3,(H,22,28)/t14-,19-/m0/s1. The Bertz CT molecular complexity index is 763. The number of nitrogens with one attached hydrogen (secondary N) is 1. The predicted molar refractivity (Wildman–Crippen MR) is 113 cm³/mol. The van der Waals surface area contributed by atoms with Crippen molar-refractivity contribution >= 4 is 23.3 Å². The van der Waals surface area contributed by atoms with Gasteiger partial charge >= 0.3 is 5.97 Å². The third-order valence-corrected chi connectivity index (χ3v) is 4.74. The lowest BCUT2D eigenvalue weighted by molar-refractivity contribution is -0.139. The van der Waals surface area contributed by atoms with Gasteiger partial charge in [-0.1, -0.05) is 24.8 Å². The summed E-state index contributed by atoms with van der Waals surface area (Å²) in [6.45, 7) is 10.5. The number of hydrogen-bond acceptors (Lipinski definition) is 5. The molecule has 0 saturated heterocycles. The zero-order chi connectivity index (χ0) is 20.7. The molecule has 0 spiro atoms. The van der Waals surface area contributed by atoms with E-state index in [1.54, 1.807) is 20.1 Å². The summed E-state index contributed by atoms with van der Waals surface area (Å²) in [5.41, 5.74) is 2.15. The van der Waals surface area contributed by atoms with Gasteiger partial charge < -0.3 is 24.4 Å². The second kappa shape index (κ2) is 10.2. The summed E-state index contributed by atoms with van der Waals surface area (Å²) in [6, 6.07) is 7.12. The van der Waals surface area contributed by atoms with Crippen LogP contribution in [0.5, 0.6) is 5.75 Å². The number of carbonyl (C=O) groups excluding carboxylic acids is 1. The first kappa shape index (κ1) is 21.9. The number of allylic oxidation sites excluding steroid dienone is 1. The number of carbonyl (C=O) groups is 1. The van der Waals surface area contributed by atoms with Crippen LogP contribution in [0, 0.1) is 0 Å². The van der Waals surface area contributed by atoms with E-state index in [1.165, 1.54) is 0 Å². The van der Waals surface area contributed by atoms with Crippen LogP contribution in [0.4, 0.5) is 0 Å². The van der Waals surface area contributed by atoms with Crippen molar-refractivity contribution in [3.8, 4) is 5.75 Å². The summed E-state index contributed by atoms with van der Waals surface area (Å²) in [5, 5.41) is 3.83. The highest BCUT2D eigenvalue weighted by atomic mass is 32.1. The summed E-state index contributed by atoms with van der Waals surface area (Å²) < 4.78 is 16.2. The van der Waals surface area contributed by atoms with Crippen molar-refractivity contribution in [1.82, 2.24) is 10.2 Å². The smallest absolute Gasteiger partial charge is 0.338 e. The minimum atomic E-state index is -0.426. The first-order valence-corrected chi connectivity index (χ1v) is 9.65. The first-order chi connectivity index (χ1) is 13.4. The van der Waals surface area contributed by atoms with Gasteiger partial charge in [-0.2, -0.15) is 0 Å². The second-order valence-corrected chi connectivity index (χ2v) is 6.84. The fourth-order valence-corrected chi connectivity index (χ4v) is 3.70. The molecule has 152 valence electrons. The molecule has 28 heavy (non-hydrogen) atoms. The van der Waals surface area contributed by atoms with Crippen LogP contribution in [-0.4, -0.2) is 49.0 Å². The molecule has 2 rings (SSSR count). The number of benzene rings is 1. The molecule has 1 aliphatic heterocycles. The molecule has 0 amide bonds. The van der Waals surface area contributed by atoms with Crippen LogP contribution in [-0.2, 0) is 14.3 Å². The summed E-state index contributed by atoms with van der Waals surface area (Å²) in [7, 11) is 1.64. The van der Waals surface area contributed by atoms with Gasteiger partial charge in [0.1, 0.15) is 12.4 Å². The predicted octanol–water partition coefficient (Wildman–Crippen LogP) is 3.35. The van der Waals surface area contributed by atoms with E-state index in [4.69, 9.17) is 26.4 Å². The Labute approximate surface area is 172 Å². The van der Waals surface area contributed by atoms with E-state index < -0.39 is 6.04 Å².